The molecular formula is C16H15ClN2O5. The van der Waals surface area contributed by atoms with Gasteiger partial charge in [-0.25, -0.2) is 0 Å². The molecule has 4 atom stereocenters. The SMILES string of the molecule is C[C@@]12C=C[C@@H](O1)[C@@H](C(=O)O)[C@@H]2C(=O)NNC(=O)c1ccc(Cl)cc1. The van der Waals surface area contributed by atoms with E-state index in [9.17, 15) is 19.5 Å². The molecular weight excluding hydrogens is 336 g/mol. The fourth-order valence-corrected chi connectivity index (χ4v) is 3.28. The molecule has 2 aliphatic rings. The van der Waals surface area contributed by atoms with Crippen LogP contribution in [0.1, 0.15) is 17.3 Å². The second-order valence-electron chi connectivity index (χ2n) is 5.92. The number of hydrazine groups is 1. The summed E-state index contributed by atoms with van der Waals surface area (Å²) in [6.07, 6.45) is 2.69. The first kappa shape index (κ1) is 16.5. The van der Waals surface area contributed by atoms with Crippen LogP contribution in [0, 0.1) is 11.8 Å². The molecule has 0 spiro atoms. The lowest BCUT2D eigenvalue weighted by Gasteiger charge is -2.27. The quantitative estimate of drug-likeness (QED) is 0.560. The standard InChI is InChI=1S/C16H15ClN2O5/c1-16-7-6-10(24-16)11(15(22)23)12(16)14(21)19-18-13(20)8-2-4-9(17)5-3-8/h2-7,10-12H,1H3,(H,18,20)(H,19,21)(H,22,23)/t10-,11-,12-,16+/m1/s1. The van der Waals surface area contributed by atoms with E-state index >= 15 is 0 Å². The van der Waals surface area contributed by atoms with E-state index in [0.717, 1.165) is 0 Å². The molecule has 3 rings (SSSR count). The minimum absolute atomic E-state index is 0.310. The van der Waals surface area contributed by atoms with Gasteiger partial charge in [0, 0.05) is 10.6 Å². The van der Waals surface area contributed by atoms with Gasteiger partial charge in [-0.1, -0.05) is 23.8 Å². The Balaban J connectivity index is 1.68. The number of ether oxygens (including phenoxy) is 1. The van der Waals surface area contributed by atoms with Crippen molar-refractivity contribution in [2.24, 2.45) is 11.8 Å². The number of carboxylic acids is 1. The van der Waals surface area contributed by atoms with E-state index in [1.165, 1.54) is 12.1 Å². The molecule has 0 aliphatic carbocycles. The first-order valence-corrected chi connectivity index (χ1v) is 7.65. The van der Waals surface area contributed by atoms with E-state index in [2.05, 4.69) is 10.9 Å². The van der Waals surface area contributed by atoms with E-state index in [1.54, 1.807) is 31.2 Å². The fourth-order valence-electron chi connectivity index (χ4n) is 3.15. The summed E-state index contributed by atoms with van der Waals surface area (Å²) in [6, 6.07) is 6.12. The molecule has 126 valence electrons. The smallest absolute Gasteiger partial charge is 0.310 e. The molecule has 1 fully saturated rings. The first-order valence-electron chi connectivity index (χ1n) is 7.27. The highest BCUT2D eigenvalue weighted by Crippen LogP contribution is 2.46. The van der Waals surface area contributed by atoms with Gasteiger partial charge in [-0.2, -0.15) is 0 Å². The highest BCUT2D eigenvalue weighted by atomic mass is 35.5. The van der Waals surface area contributed by atoms with E-state index in [1.807, 2.05) is 0 Å². The van der Waals surface area contributed by atoms with Crippen molar-refractivity contribution >= 4 is 29.4 Å². The molecule has 1 aromatic carbocycles. The van der Waals surface area contributed by atoms with Crippen LogP contribution in [0.5, 0.6) is 0 Å². The van der Waals surface area contributed by atoms with Gasteiger partial charge >= 0.3 is 5.97 Å². The van der Waals surface area contributed by atoms with Crippen molar-refractivity contribution < 1.29 is 24.2 Å². The number of rotatable bonds is 3. The van der Waals surface area contributed by atoms with E-state index in [4.69, 9.17) is 16.3 Å². The largest absolute Gasteiger partial charge is 0.481 e. The minimum atomic E-state index is -1.11. The van der Waals surface area contributed by atoms with Gasteiger partial charge in [0.05, 0.1) is 17.6 Å². The molecule has 0 aromatic heterocycles. The van der Waals surface area contributed by atoms with Gasteiger partial charge in [-0.15, -0.1) is 0 Å². The van der Waals surface area contributed by atoms with Crippen LogP contribution >= 0.6 is 11.6 Å². The maximum Gasteiger partial charge on any atom is 0.310 e. The van der Waals surface area contributed by atoms with Crippen LogP contribution in [0.3, 0.4) is 0 Å². The number of carbonyl (C=O) groups excluding carboxylic acids is 2. The number of hydrogen-bond acceptors (Lipinski definition) is 4. The number of hydrogen-bond donors (Lipinski definition) is 3. The molecule has 1 aromatic rings. The zero-order valence-corrected chi connectivity index (χ0v) is 13.4. The Labute approximate surface area is 142 Å². The fraction of sp³-hybridized carbons (Fsp3) is 0.312. The van der Waals surface area contributed by atoms with Gasteiger partial charge in [0.2, 0.25) is 5.91 Å². The van der Waals surface area contributed by atoms with E-state index in [0.29, 0.717) is 10.6 Å². The molecule has 0 unspecified atom stereocenters. The van der Waals surface area contributed by atoms with Crippen molar-refractivity contribution in [1.29, 1.82) is 0 Å². The summed E-state index contributed by atoms with van der Waals surface area (Å²) in [4.78, 5) is 35.9. The molecule has 0 radical (unpaired) electrons. The molecule has 0 saturated carbocycles. The molecule has 1 saturated heterocycles. The Hall–Kier alpha value is -2.38. The zero-order valence-electron chi connectivity index (χ0n) is 12.7. The minimum Gasteiger partial charge on any atom is -0.481 e. The lowest BCUT2D eigenvalue weighted by atomic mass is 9.76. The van der Waals surface area contributed by atoms with Crippen LogP contribution in [0.2, 0.25) is 5.02 Å². The summed E-state index contributed by atoms with van der Waals surface area (Å²) in [7, 11) is 0. The number of nitrogens with one attached hydrogen (secondary N) is 2. The topological polar surface area (TPSA) is 105 Å². The number of carboxylic acid groups (broad SMARTS) is 1. The molecule has 2 heterocycles. The molecule has 2 bridgehead atoms. The van der Waals surface area contributed by atoms with Gasteiger partial charge in [-0.05, 0) is 31.2 Å². The van der Waals surface area contributed by atoms with E-state index < -0.39 is 41.3 Å². The van der Waals surface area contributed by atoms with Crippen molar-refractivity contribution in [2.75, 3.05) is 0 Å². The number of benzene rings is 1. The Morgan fingerprint density at radius 2 is 1.88 bits per heavy atom. The van der Waals surface area contributed by atoms with Gasteiger partial charge in [-0.3, -0.25) is 25.2 Å². The zero-order chi connectivity index (χ0) is 17.5. The van der Waals surface area contributed by atoms with Crippen LogP contribution in [-0.4, -0.2) is 34.6 Å². The average molecular weight is 351 g/mol. The van der Waals surface area contributed by atoms with E-state index in [-0.39, 0.29) is 0 Å². The maximum absolute atomic E-state index is 12.4. The number of aliphatic carboxylic acids is 1. The van der Waals surface area contributed by atoms with Crippen molar-refractivity contribution in [3.05, 3.63) is 47.0 Å². The lowest BCUT2D eigenvalue weighted by Crippen LogP contribution is -2.52. The highest BCUT2D eigenvalue weighted by molar-refractivity contribution is 6.30. The van der Waals surface area contributed by atoms with Crippen LogP contribution in [-0.2, 0) is 14.3 Å². The van der Waals surface area contributed by atoms with Gasteiger partial charge in [0.1, 0.15) is 5.92 Å². The average Bonchev–Trinajstić information content (AvgIpc) is 3.06. The van der Waals surface area contributed by atoms with Gasteiger partial charge in [0.25, 0.3) is 5.91 Å². The Bertz CT molecular complexity index is 732. The number of fused-ring (bicyclic) bond motifs is 2. The van der Waals surface area contributed by atoms with Crippen LogP contribution in [0.15, 0.2) is 36.4 Å². The van der Waals surface area contributed by atoms with Crippen molar-refractivity contribution in [3.63, 3.8) is 0 Å². The third kappa shape index (κ3) is 2.76. The normalized spacial score (nSPS) is 30.2. The van der Waals surface area contributed by atoms with Crippen molar-refractivity contribution in [1.82, 2.24) is 10.9 Å². The highest BCUT2D eigenvalue weighted by Gasteiger charge is 2.59. The summed E-state index contributed by atoms with van der Waals surface area (Å²) in [5.41, 5.74) is 3.87. The van der Waals surface area contributed by atoms with Crippen LogP contribution in [0.25, 0.3) is 0 Å². The molecule has 8 heteroatoms. The molecule has 7 nitrogen and oxygen atoms in total. The monoisotopic (exact) mass is 350 g/mol. The Kier molecular flexibility index (Phi) is 4.06. The molecule has 3 N–H and O–H groups in total. The predicted octanol–water partition coefficient (Wildman–Crippen LogP) is 1.15. The second kappa shape index (κ2) is 5.92. The number of amides is 2. The first-order chi connectivity index (χ1) is 11.3. The lowest BCUT2D eigenvalue weighted by molar-refractivity contribution is -0.147. The summed E-state index contributed by atoms with van der Waals surface area (Å²) in [5.74, 6) is -4.18. The summed E-state index contributed by atoms with van der Waals surface area (Å²) in [5, 5.41) is 9.84. The third-order valence-corrected chi connectivity index (χ3v) is 4.56. The summed E-state index contributed by atoms with van der Waals surface area (Å²) in [6.45, 7) is 1.65. The summed E-state index contributed by atoms with van der Waals surface area (Å²) < 4.78 is 5.59. The Morgan fingerprint density at radius 1 is 1.21 bits per heavy atom. The van der Waals surface area contributed by atoms with Gasteiger partial charge < -0.3 is 9.84 Å². The maximum atomic E-state index is 12.4. The van der Waals surface area contributed by atoms with Crippen LogP contribution in [0.4, 0.5) is 0 Å². The molecule has 24 heavy (non-hydrogen) atoms. The van der Waals surface area contributed by atoms with Crippen molar-refractivity contribution in [3.8, 4) is 0 Å². The van der Waals surface area contributed by atoms with Crippen molar-refractivity contribution in [2.45, 2.75) is 18.6 Å². The third-order valence-electron chi connectivity index (χ3n) is 4.31. The summed E-state index contributed by atoms with van der Waals surface area (Å²) >= 11 is 5.75. The van der Waals surface area contributed by atoms with Crippen LogP contribution < -0.4 is 10.9 Å². The Morgan fingerprint density at radius 3 is 2.50 bits per heavy atom. The number of halogens is 1. The second-order valence-corrected chi connectivity index (χ2v) is 6.35. The van der Waals surface area contributed by atoms with Gasteiger partial charge in [0.15, 0.2) is 0 Å². The molecule has 2 aliphatic heterocycles. The molecule has 2 amide bonds. The predicted molar refractivity (Wildman–Crippen MR) is 84.1 cm³/mol. The number of carbonyl (C=O) groups is 3.